The minimum Gasteiger partial charge on any atom is -0.341 e. The fourth-order valence-electron chi connectivity index (χ4n) is 3.62. The van der Waals surface area contributed by atoms with Crippen molar-refractivity contribution in [3.63, 3.8) is 0 Å². The highest BCUT2D eigenvalue weighted by atomic mass is 16.2. The van der Waals surface area contributed by atoms with Crippen LogP contribution in [0.1, 0.15) is 39.0 Å². The summed E-state index contributed by atoms with van der Waals surface area (Å²) in [5.74, 6) is 1.03. The molecule has 0 aromatic rings. The number of hydrogen-bond donors (Lipinski definition) is 1. The van der Waals surface area contributed by atoms with Gasteiger partial charge in [-0.2, -0.15) is 0 Å². The van der Waals surface area contributed by atoms with Crippen molar-refractivity contribution < 1.29 is 4.79 Å². The van der Waals surface area contributed by atoms with Crippen LogP contribution in [0.25, 0.3) is 0 Å². The quantitative estimate of drug-likeness (QED) is 0.820. The molecule has 4 atom stereocenters. The number of likely N-dealkylation sites (tertiary alicyclic amines) is 1. The summed E-state index contributed by atoms with van der Waals surface area (Å²) in [5, 5.41) is 0. The summed E-state index contributed by atoms with van der Waals surface area (Å²) in [6, 6.07) is 0.828. The number of carbonyl (C=O) groups excluding carboxylic acids is 1. The Morgan fingerprint density at radius 1 is 1.26 bits per heavy atom. The molecule has 2 aliphatic rings. The Balaban J connectivity index is 1.95. The van der Waals surface area contributed by atoms with Gasteiger partial charge in [-0.25, -0.2) is 0 Å². The first kappa shape index (κ1) is 14.8. The van der Waals surface area contributed by atoms with Crippen molar-refractivity contribution in [3.05, 3.63) is 0 Å². The lowest BCUT2D eigenvalue weighted by atomic mass is 9.77. The van der Waals surface area contributed by atoms with E-state index in [1.165, 1.54) is 6.42 Å². The topological polar surface area (TPSA) is 49.6 Å². The average molecular weight is 267 g/mol. The molecule has 0 radical (unpaired) electrons. The molecule has 1 saturated carbocycles. The third kappa shape index (κ3) is 3.48. The molecule has 0 aromatic heterocycles. The van der Waals surface area contributed by atoms with Gasteiger partial charge in [0.2, 0.25) is 5.91 Å². The lowest BCUT2D eigenvalue weighted by molar-refractivity contribution is -0.140. The van der Waals surface area contributed by atoms with Crippen LogP contribution in [-0.2, 0) is 4.79 Å². The van der Waals surface area contributed by atoms with Crippen LogP contribution in [-0.4, -0.2) is 55.0 Å². The fraction of sp³-hybridized carbons (Fsp3) is 0.933. The molecule has 1 heterocycles. The molecule has 19 heavy (non-hydrogen) atoms. The molecule has 4 heteroatoms. The standard InChI is InChI=1S/C15H29N3O/c1-11-9-12(16)6-7-14(11)15(19)18-8-4-5-13(10-18)17(2)3/h11-14H,4-10,16H2,1-3H3. The Hall–Kier alpha value is -0.610. The SMILES string of the molecule is CC1CC(N)CCC1C(=O)N1CCCC(N(C)C)C1. The van der Waals surface area contributed by atoms with Gasteiger partial charge >= 0.3 is 0 Å². The van der Waals surface area contributed by atoms with Crippen LogP contribution in [0.2, 0.25) is 0 Å². The van der Waals surface area contributed by atoms with E-state index in [9.17, 15) is 4.79 Å². The zero-order valence-electron chi connectivity index (χ0n) is 12.6. The van der Waals surface area contributed by atoms with E-state index >= 15 is 0 Å². The van der Waals surface area contributed by atoms with Crippen molar-refractivity contribution in [3.8, 4) is 0 Å². The molecule has 2 N–H and O–H groups in total. The minimum absolute atomic E-state index is 0.209. The Bertz CT molecular complexity index is 319. The molecule has 4 nitrogen and oxygen atoms in total. The molecule has 1 saturated heterocycles. The summed E-state index contributed by atoms with van der Waals surface area (Å²) < 4.78 is 0. The summed E-state index contributed by atoms with van der Waals surface area (Å²) in [5.41, 5.74) is 6.00. The summed E-state index contributed by atoms with van der Waals surface area (Å²) in [4.78, 5) is 17.1. The zero-order chi connectivity index (χ0) is 14.0. The Labute approximate surface area is 117 Å². The van der Waals surface area contributed by atoms with Crippen molar-refractivity contribution in [2.45, 2.75) is 51.1 Å². The van der Waals surface area contributed by atoms with Gasteiger partial charge in [-0.05, 0) is 52.1 Å². The van der Waals surface area contributed by atoms with Gasteiger partial charge in [0, 0.05) is 31.1 Å². The first-order valence-electron chi connectivity index (χ1n) is 7.69. The molecule has 1 aliphatic heterocycles. The molecule has 0 aromatic carbocycles. The van der Waals surface area contributed by atoms with E-state index in [2.05, 4.69) is 30.8 Å². The predicted octanol–water partition coefficient (Wildman–Crippen LogP) is 1.30. The highest BCUT2D eigenvalue weighted by molar-refractivity contribution is 5.79. The van der Waals surface area contributed by atoms with Gasteiger partial charge in [-0.3, -0.25) is 4.79 Å². The van der Waals surface area contributed by atoms with E-state index in [-0.39, 0.29) is 5.92 Å². The third-order valence-electron chi connectivity index (χ3n) is 4.97. The van der Waals surface area contributed by atoms with Crippen molar-refractivity contribution in [2.75, 3.05) is 27.2 Å². The molecule has 1 aliphatic carbocycles. The normalized spacial score (nSPS) is 36.6. The third-order valence-corrected chi connectivity index (χ3v) is 4.97. The van der Waals surface area contributed by atoms with Crippen LogP contribution in [0.15, 0.2) is 0 Å². The van der Waals surface area contributed by atoms with E-state index in [1.807, 2.05) is 0 Å². The number of nitrogens with zero attached hydrogens (tertiary/aromatic N) is 2. The van der Waals surface area contributed by atoms with E-state index in [0.29, 0.717) is 23.9 Å². The van der Waals surface area contributed by atoms with E-state index in [1.54, 1.807) is 0 Å². The number of carbonyl (C=O) groups is 1. The molecule has 0 spiro atoms. The Kier molecular flexibility index (Phi) is 4.85. The van der Waals surface area contributed by atoms with Crippen molar-refractivity contribution in [1.82, 2.24) is 9.80 Å². The van der Waals surface area contributed by atoms with Gasteiger partial charge in [0.15, 0.2) is 0 Å². The maximum atomic E-state index is 12.7. The minimum atomic E-state index is 0.209. The van der Waals surface area contributed by atoms with Crippen LogP contribution in [0.3, 0.4) is 0 Å². The number of rotatable bonds is 2. The van der Waals surface area contributed by atoms with E-state index in [4.69, 9.17) is 5.73 Å². The van der Waals surface area contributed by atoms with Crippen molar-refractivity contribution >= 4 is 5.91 Å². The van der Waals surface area contributed by atoms with Crippen molar-refractivity contribution in [1.29, 1.82) is 0 Å². The number of piperidine rings is 1. The number of amides is 1. The van der Waals surface area contributed by atoms with Gasteiger partial charge in [0.1, 0.15) is 0 Å². The maximum Gasteiger partial charge on any atom is 0.226 e. The second-order valence-corrected chi connectivity index (χ2v) is 6.70. The molecule has 110 valence electrons. The second-order valence-electron chi connectivity index (χ2n) is 6.70. The lowest BCUT2D eigenvalue weighted by Crippen LogP contribution is -2.51. The highest BCUT2D eigenvalue weighted by Gasteiger charge is 2.35. The van der Waals surface area contributed by atoms with E-state index < -0.39 is 0 Å². The molecule has 2 rings (SSSR count). The average Bonchev–Trinajstić information content (AvgIpc) is 2.38. The van der Waals surface area contributed by atoms with E-state index in [0.717, 1.165) is 38.8 Å². The molecule has 1 amide bonds. The lowest BCUT2D eigenvalue weighted by Gasteiger charge is -2.40. The Morgan fingerprint density at radius 2 is 2.00 bits per heavy atom. The van der Waals surface area contributed by atoms with Gasteiger partial charge in [-0.1, -0.05) is 6.92 Å². The van der Waals surface area contributed by atoms with Gasteiger partial charge < -0.3 is 15.5 Å². The Morgan fingerprint density at radius 3 is 2.63 bits per heavy atom. The molecule has 0 bridgehead atoms. The van der Waals surface area contributed by atoms with Crippen LogP contribution < -0.4 is 5.73 Å². The van der Waals surface area contributed by atoms with Crippen molar-refractivity contribution in [2.24, 2.45) is 17.6 Å². The molecular formula is C15H29N3O. The summed E-state index contributed by atoms with van der Waals surface area (Å²) in [7, 11) is 4.22. The number of hydrogen-bond acceptors (Lipinski definition) is 3. The monoisotopic (exact) mass is 267 g/mol. The molecule has 4 unspecified atom stereocenters. The number of nitrogens with two attached hydrogens (primary N) is 1. The smallest absolute Gasteiger partial charge is 0.226 e. The summed E-state index contributed by atoms with van der Waals surface area (Å²) in [6.07, 6.45) is 5.33. The van der Waals surface area contributed by atoms with Gasteiger partial charge in [-0.15, -0.1) is 0 Å². The van der Waals surface area contributed by atoms with Crippen LogP contribution in [0, 0.1) is 11.8 Å². The molecular weight excluding hydrogens is 238 g/mol. The van der Waals surface area contributed by atoms with Gasteiger partial charge in [0.25, 0.3) is 0 Å². The number of likely N-dealkylation sites (N-methyl/N-ethyl adjacent to an activating group) is 1. The maximum absolute atomic E-state index is 12.7. The van der Waals surface area contributed by atoms with Gasteiger partial charge in [0.05, 0.1) is 0 Å². The largest absolute Gasteiger partial charge is 0.341 e. The van der Waals surface area contributed by atoms with Crippen LogP contribution in [0.5, 0.6) is 0 Å². The molecule has 2 fully saturated rings. The van der Waals surface area contributed by atoms with Crippen LogP contribution in [0.4, 0.5) is 0 Å². The first-order chi connectivity index (χ1) is 8.99. The predicted molar refractivity (Wildman–Crippen MR) is 77.8 cm³/mol. The fourth-order valence-corrected chi connectivity index (χ4v) is 3.62. The summed E-state index contributed by atoms with van der Waals surface area (Å²) >= 11 is 0. The first-order valence-corrected chi connectivity index (χ1v) is 7.69. The second kappa shape index (κ2) is 6.23. The summed E-state index contributed by atoms with van der Waals surface area (Å²) in [6.45, 7) is 4.04. The highest BCUT2D eigenvalue weighted by Crippen LogP contribution is 2.31. The zero-order valence-corrected chi connectivity index (χ0v) is 12.6. The van der Waals surface area contributed by atoms with Crippen LogP contribution >= 0.6 is 0 Å².